The van der Waals surface area contributed by atoms with Gasteiger partial charge in [-0.1, -0.05) is 49.3 Å². The van der Waals surface area contributed by atoms with Crippen LogP contribution < -0.4 is 9.64 Å². The Kier molecular flexibility index (Phi) is 6.70. The van der Waals surface area contributed by atoms with E-state index in [-0.39, 0.29) is 5.92 Å². The number of ether oxygens (including phenoxy) is 1. The molecule has 1 aliphatic heterocycles. The fourth-order valence-corrected chi connectivity index (χ4v) is 5.03. The van der Waals surface area contributed by atoms with Gasteiger partial charge in [-0.25, -0.2) is 4.98 Å². The second-order valence-electron chi connectivity index (χ2n) is 10.7. The fraction of sp³-hybridized carbons (Fsp3) is 0.400. The Balaban J connectivity index is 1.36. The molecule has 0 bridgehead atoms. The molecule has 8 heteroatoms. The fourth-order valence-electron chi connectivity index (χ4n) is 5.03. The van der Waals surface area contributed by atoms with E-state index in [0.717, 1.165) is 67.1 Å². The number of hydrogen-bond donors (Lipinski definition) is 0. The number of para-hydroxylation sites is 1. The van der Waals surface area contributed by atoms with Gasteiger partial charge in [0.25, 0.3) is 5.71 Å². The Morgan fingerprint density at radius 2 is 1.82 bits per heavy atom. The van der Waals surface area contributed by atoms with Crippen LogP contribution in [0.2, 0.25) is 0 Å². The molecule has 6 rings (SSSR count). The van der Waals surface area contributed by atoms with E-state index in [1.54, 1.807) is 0 Å². The zero-order valence-electron chi connectivity index (χ0n) is 22.0. The van der Waals surface area contributed by atoms with Crippen molar-refractivity contribution in [2.45, 2.75) is 39.5 Å². The second kappa shape index (κ2) is 10.4. The molecule has 2 aromatic heterocycles. The summed E-state index contributed by atoms with van der Waals surface area (Å²) in [5.74, 6) is 4.02. The van der Waals surface area contributed by atoms with Crippen LogP contribution in [0.4, 0.5) is 5.82 Å². The van der Waals surface area contributed by atoms with E-state index in [4.69, 9.17) is 19.2 Å². The lowest BCUT2D eigenvalue weighted by Crippen LogP contribution is -2.36. The lowest BCUT2D eigenvalue weighted by atomic mass is 10.1. The van der Waals surface area contributed by atoms with E-state index in [0.29, 0.717) is 42.1 Å². The van der Waals surface area contributed by atoms with Crippen molar-refractivity contribution in [3.63, 3.8) is 0 Å². The first kappa shape index (κ1) is 24.4. The Morgan fingerprint density at radius 1 is 1.00 bits per heavy atom. The molecular formula is C30H33N5O3. The van der Waals surface area contributed by atoms with Crippen LogP contribution in [-0.4, -0.2) is 52.1 Å². The van der Waals surface area contributed by atoms with E-state index in [9.17, 15) is 4.79 Å². The van der Waals surface area contributed by atoms with Crippen LogP contribution >= 0.6 is 0 Å². The summed E-state index contributed by atoms with van der Waals surface area (Å²) in [6, 6.07) is 17.6. The highest BCUT2D eigenvalue weighted by Gasteiger charge is 2.34. The van der Waals surface area contributed by atoms with Gasteiger partial charge in [0.1, 0.15) is 34.2 Å². The zero-order valence-corrected chi connectivity index (χ0v) is 22.0. The predicted octanol–water partition coefficient (Wildman–Crippen LogP) is 5.72. The molecule has 0 radical (unpaired) electrons. The maximum absolute atomic E-state index is 12.7. The molecule has 1 saturated carbocycles. The number of carbonyl (C=O) groups is 1. The zero-order chi connectivity index (χ0) is 26.1. The summed E-state index contributed by atoms with van der Waals surface area (Å²) in [5, 5.41) is 5.27. The first-order valence-electron chi connectivity index (χ1n) is 13.6. The minimum Gasteiger partial charge on any atom is -0.457 e. The van der Waals surface area contributed by atoms with Gasteiger partial charge in [-0.05, 0) is 49.4 Å². The van der Waals surface area contributed by atoms with Gasteiger partial charge in [0.15, 0.2) is 0 Å². The maximum atomic E-state index is 12.7. The van der Waals surface area contributed by atoms with Crippen molar-refractivity contribution in [2.75, 3.05) is 31.1 Å². The Hall–Kier alpha value is -3.94. The van der Waals surface area contributed by atoms with Crippen molar-refractivity contribution >= 4 is 22.8 Å². The van der Waals surface area contributed by atoms with Crippen molar-refractivity contribution in [1.29, 1.82) is 0 Å². The van der Waals surface area contributed by atoms with Crippen LogP contribution in [0.1, 0.15) is 38.9 Å². The topological polar surface area (TPSA) is 84.6 Å². The number of aromatic nitrogens is 3. The largest absolute Gasteiger partial charge is 0.457 e. The van der Waals surface area contributed by atoms with E-state index in [1.807, 2.05) is 59.5 Å². The molecule has 0 atom stereocenters. The lowest BCUT2D eigenvalue weighted by Gasteiger charge is -2.24. The Bertz CT molecular complexity index is 1430. The molecule has 1 saturated heterocycles. The molecule has 0 spiro atoms. The van der Waals surface area contributed by atoms with Crippen molar-refractivity contribution in [2.24, 2.45) is 11.8 Å². The first-order chi connectivity index (χ1) is 18.5. The van der Waals surface area contributed by atoms with Gasteiger partial charge in [0.2, 0.25) is 5.91 Å². The molecule has 38 heavy (non-hydrogen) atoms. The van der Waals surface area contributed by atoms with Gasteiger partial charge in [0, 0.05) is 44.1 Å². The number of amides is 1. The number of carbonyl (C=O) groups excluding carboxylic acids is 1. The van der Waals surface area contributed by atoms with Crippen molar-refractivity contribution < 1.29 is 14.1 Å². The number of benzene rings is 2. The van der Waals surface area contributed by atoms with Crippen molar-refractivity contribution in [3.8, 4) is 22.8 Å². The standard InChI is InChI=1S/C30H33N5O3/c1-20(2)18-25-31-28(34-14-7-15-35(17-16-34)30(36)21-12-13-21)26-27(33-38-29(26)32-25)22-8-6-11-24(19-22)37-23-9-4-3-5-10-23/h3-6,8-11,19-21H,7,12-18H2,1-2H3. The van der Waals surface area contributed by atoms with Gasteiger partial charge >= 0.3 is 0 Å². The third kappa shape index (κ3) is 5.21. The average Bonchev–Trinajstić information content (AvgIpc) is 3.72. The average molecular weight is 512 g/mol. The summed E-state index contributed by atoms with van der Waals surface area (Å²) in [7, 11) is 0. The highest BCUT2D eigenvalue weighted by molar-refractivity contribution is 5.98. The van der Waals surface area contributed by atoms with Gasteiger partial charge in [0.05, 0.1) is 0 Å². The van der Waals surface area contributed by atoms with E-state index < -0.39 is 0 Å². The number of rotatable bonds is 7. The molecule has 0 unspecified atom stereocenters. The van der Waals surface area contributed by atoms with Crippen molar-refractivity contribution in [3.05, 3.63) is 60.4 Å². The summed E-state index contributed by atoms with van der Waals surface area (Å²) in [5.41, 5.74) is 2.06. The summed E-state index contributed by atoms with van der Waals surface area (Å²) in [4.78, 5) is 26.9. The van der Waals surface area contributed by atoms with E-state index in [2.05, 4.69) is 23.9 Å². The molecule has 3 heterocycles. The van der Waals surface area contributed by atoms with Crippen LogP contribution in [0.5, 0.6) is 11.5 Å². The predicted molar refractivity (Wildman–Crippen MR) is 146 cm³/mol. The molecule has 2 aromatic carbocycles. The van der Waals surface area contributed by atoms with Gasteiger partial charge in [-0.2, -0.15) is 4.98 Å². The minimum atomic E-state index is 0.236. The lowest BCUT2D eigenvalue weighted by molar-refractivity contribution is -0.132. The molecule has 4 aromatic rings. The molecule has 1 aliphatic carbocycles. The van der Waals surface area contributed by atoms with Gasteiger partial charge in [-0.15, -0.1) is 0 Å². The SMILES string of the molecule is CC(C)Cc1nc(N2CCCN(C(=O)C3CC3)CC2)c2c(-c3cccc(Oc4ccccc4)c3)noc2n1. The van der Waals surface area contributed by atoms with Crippen LogP contribution in [-0.2, 0) is 11.2 Å². The molecule has 0 N–H and O–H groups in total. The van der Waals surface area contributed by atoms with Gasteiger partial charge in [-0.3, -0.25) is 4.79 Å². The maximum Gasteiger partial charge on any atom is 0.263 e. The van der Waals surface area contributed by atoms with E-state index >= 15 is 0 Å². The quantitative estimate of drug-likeness (QED) is 0.313. The third-order valence-corrected chi connectivity index (χ3v) is 7.07. The first-order valence-corrected chi connectivity index (χ1v) is 13.6. The van der Waals surface area contributed by atoms with Crippen LogP contribution in [0, 0.1) is 11.8 Å². The van der Waals surface area contributed by atoms with E-state index in [1.165, 1.54) is 0 Å². The van der Waals surface area contributed by atoms with Crippen LogP contribution in [0.15, 0.2) is 59.1 Å². The monoisotopic (exact) mass is 511 g/mol. The number of fused-ring (bicyclic) bond motifs is 1. The number of hydrogen-bond acceptors (Lipinski definition) is 7. The molecule has 1 amide bonds. The number of anilines is 1. The summed E-state index contributed by atoms with van der Waals surface area (Å²) in [6.07, 6.45) is 3.70. The molecule has 196 valence electrons. The highest BCUT2D eigenvalue weighted by Crippen LogP contribution is 2.37. The minimum absolute atomic E-state index is 0.236. The molecule has 2 aliphatic rings. The molecule has 2 fully saturated rings. The smallest absolute Gasteiger partial charge is 0.263 e. The summed E-state index contributed by atoms with van der Waals surface area (Å²) >= 11 is 0. The molecule has 8 nitrogen and oxygen atoms in total. The normalized spacial score (nSPS) is 16.2. The highest BCUT2D eigenvalue weighted by atomic mass is 16.5. The second-order valence-corrected chi connectivity index (χ2v) is 10.7. The summed E-state index contributed by atoms with van der Waals surface area (Å²) < 4.78 is 11.9. The van der Waals surface area contributed by atoms with Crippen molar-refractivity contribution in [1.82, 2.24) is 20.0 Å². The van der Waals surface area contributed by atoms with Gasteiger partial charge < -0.3 is 19.1 Å². The van der Waals surface area contributed by atoms with Crippen LogP contribution in [0.25, 0.3) is 22.4 Å². The van der Waals surface area contributed by atoms with Crippen LogP contribution in [0.3, 0.4) is 0 Å². The third-order valence-electron chi connectivity index (χ3n) is 7.07. The Morgan fingerprint density at radius 3 is 2.61 bits per heavy atom. The molecular weight excluding hydrogens is 478 g/mol. The Labute approximate surface area is 222 Å². The summed E-state index contributed by atoms with van der Waals surface area (Å²) in [6.45, 7) is 7.32. The number of nitrogens with zero attached hydrogens (tertiary/aromatic N) is 5.